The quantitative estimate of drug-likeness (QED) is 0.692. The van der Waals surface area contributed by atoms with E-state index in [9.17, 15) is 9.59 Å². The Kier molecular flexibility index (Phi) is 5.05. The molecular formula is C18H20Cl2N4O3S. The maximum atomic E-state index is 12.5. The largest absolute Gasteiger partial charge is 0.462 e. The molecule has 2 N–H and O–H groups in total. The molecule has 3 atom stereocenters. The van der Waals surface area contributed by atoms with Crippen LogP contribution in [0.1, 0.15) is 38.5 Å². The minimum Gasteiger partial charge on any atom is -0.462 e. The van der Waals surface area contributed by atoms with Gasteiger partial charge < -0.3 is 19.9 Å². The van der Waals surface area contributed by atoms with Crippen LogP contribution in [0.5, 0.6) is 0 Å². The normalized spacial score (nSPS) is 22.9. The van der Waals surface area contributed by atoms with Crippen LogP contribution >= 0.6 is 34.5 Å². The van der Waals surface area contributed by atoms with Crippen molar-refractivity contribution in [3.63, 3.8) is 0 Å². The molecule has 28 heavy (non-hydrogen) atoms. The third kappa shape index (κ3) is 3.27. The number of aromatic amines is 1. The molecule has 3 heterocycles. The summed E-state index contributed by atoms with van der Waals surface area (Å²) in [6, 6.07) is 0.118. The Morgan fingerprint density at radius 2 is 1.96 bits per heavy atom. The number of fused-ring (bicyclic) bond motifs is 1. The lowest BCUT2D eigenvalue weighted by atomic mass is 10.3. The average Bonchev–Trinajstić information content (AvgIpc) is 3.02. The molecule has 150 valence electrons. The van der Waals surface area contributed by atoms with Crippen LogP contribution in [0.2, 0.25) is 10.0 Å². The number of esters is 1. The molecule has 1 amide bonds. The number of hydrogen-bond acceptors (Lipinski definition) is 6. The van der Waals surface area contributed by atoms with E-state index < -0.39 is 0 Å². The first-order chi connectivity index (χ1) is 13.3. The summed E-state index contributed by atoms with van der Waals surface area (Å²) in [5, 5.41) is 4.51. The van der Waals surface area contributed by atoms with E-state index >= 15 is 0 Å². The highest BCUT2D eigenvalue weighted by atomic mass is 35.5. The first-order valence-electron chi connectivity index (χ1n) is 9.05. The second-order valence-corrected chi connectivity index (χ2v) is 8.85. The highest BCUT2D eigenvalue weighted by molar-refractivity contribution is 7.17. The van der Waals surface area contributed by atoms with Gasteiger partial charge in [-0.3, -0.25) is 4.79 Å². The number of thiazole rings is 1. The average molecular weight is 443 g/mol. The number of halogens is 2. The standard InChI is InChI=1S/C18H20Cl2N4O3S/c1-4-27-17(26)15-8(3)22-18(28-15)24-5-9-10(6-24)13(9)23-16(25)14-12(20)11(19)7(2)21-14/h9-10,13,21H,4-6H2,1-3H3,(H,23,25)/t9-,10+,13?. The van der Waals surface area contributed by atoms with E-state index in [-0.39, 0.29) is 22.9 Å². The molecule has 0 radical (unpaired) electrons. The van der Waals surface area contributed by atoms with Gasteiger partial charge in [-0.05, 0) is 20.8 Å². The fourth-order valence-electron chi connectivity index (χ4n) is 3.75. The third-order valence-electron chi connectivity index (χ3n) is 5.29. The Labute approximate surface area is 176 Å². The van der Waals surface area contributed by atoms with E-state index in [2.05, 4.69) is 20.2 Å². The number of ether oxygens (including phenoxy) is 1. The van der Waals surface area contributed by atoms with E-state index in [0.717, 1.165) is 18.2 Å². The van der Waals surface area contributed by atoms with Crippen LogP contribution < -0.4 is 10.2 Å². The summed E-state index contributed by atoms with van der Waals surface area (Å²) in [5.74, 6) is 0.171. The fraction of sp³-hybridized carbons (Fsp3) is 0.500. The monoisotopic (exact) mass is 442 g/mol. The number of hydrogen-bond donors (Lipinski definition) is 2. The summed E-state index contributed by atoms with van der Waals surface area (Å²) in [5.41, 5.74) is 1.67. The molecule has 0 bridgehead atoms. The van der Waals surface area contributed by atoms with Gasteiger partial charge in [0.15, 0.2) is 5.13 Å². The Balaban J connectivity index is 1.37. The number of carbonyl (C=O) groups excluding carboxylic acids is 2. The Morgan fingerprint density at radius 3 is 2.54 bits per heavy atom. The molecule has 2 aromatic rings. The maximum absolute atomic E-state index is 12.5. The molecule has 2 aromatic heterocycles. The molecule has 2 fully saturated rings. The number of aryl methyl sites for hydroxylation is 2. The van der Waals surface area contributed by atoms with Crippen molar-refractivity contribution in [1.82, 2.24) is 15.3 Å². The molecule has 0 spiro atoms. The highest BCUT2D eigenvalue weighted by Gasteiger charge is 2.57. The van der Waals surface area contributed by atoms with Crippen molar-refractivity contribution in [3.8, 4) is 0 Å². The van der Waals surface area contributed by atoms with E-state index in [4.69, 9.17) is 27.9 Å². The molecule has 1 saturated carbocycles. The summed E-state index contributed by atoms with van der Waals surface area (Å²) in [6.45, 7) is 7.31. The molecule has 0 aromatic carbocycles. The van der Waals surface area contributed by atoms with E-state index in [0.29, 0.717) is 45.4 Å². The van der Waals surface area contributed by atoms with Crippen LogP contribution in [-0.4, -0.2) is 47.6 Å². The van der Waals surface area contributed by atoms with Crippen molar-refractivity contribution in [3.05, 3.63) is 32.0 Å². The summed E-state index contributed by atoms with van der Waals surface area (Å²) in [6.07, 6.45) is 0. The van der Waals surface area contributed by atoms with Crippen molar-refractivity contribution in [2.24, 2.45) is 11.8 Å². The zero-order valence-corrected chi connectivity index (χ0v) is 18.0. The Morgan fingerprint density at radius 1 is 1.29 bits per heavy atom. The van der Waals surface area contributed by atoms with Crippen LogP contribution in [0.15, 0.2) is 0 Å². The van der Waals surface area contributed by atoms with Crippen LogP contribution in [0, 0.1) is 25.7 Å². The van der Waals surface area contributed by atoms with Gasteiger partial charge in [0.25, 0.3) is 5.91 Å². The second kappa shape index (κ2) is 7.24. The van der Waals surface area contributed by atoms with Gasteiger partial charge in [-0.25, -0.2) is 9.78 Å². The lowest BCUT2D eigenvalue weighted by Crippen LogP contribution is -2.34. The van der Waals surface area contributed by atoms with Gasteiger partial charge in [-0.15, -0.1) is 0 Å². The SMILES string of the molecule is CCOC(=O)c1sc(N2C[C@@H]3C(NC(=O)c4[nH]c(C)c(Cl)c4Cl)[C@@H]3C2)nc1C. The number of H-pyrrole nitrogens is 1. The number of aromatic nitrogens is 2. The predicted octanol–water partition coefficient (Wildman–Crippen LogP) is 3.44. The lowest BCUT2D eigenvalue weighted by Gasteiger charge is -2.19. The number of piperidine rings is 1. The highest BCUT2D eigenvalue weighted by Crippen LogP contribution is 2.47. The smallest absolute Gasteiger partial charge is 0.350 e. The Bertz CT molecular complexity index is 945. The molecule has 1 saturated heterocycles. The number of rotatable bonds is 5. The molecule has 1 unspecified atom stereocenters. The number of anilines is 1. The van der Waals surface area contributed by atoms with Crippen molar-refractivity contribution in [1.29, 1.82) is 0 Å². The first-order valence-corrected chi connectivity index (χ1v) is 10.6. The van der Waals surface area contributed by atoms with Gasteiger partial charge >= 0.3 is 5.97 Å². The van der Waals surface area contributed by atoms with Gasteiger partial charge in [0.1, 0.15) is 10.6 Å². The number of carbonyl (C=O) groups is 2. The molecule has 1 aliphatic carbocycles. The van der Waals surface area contributed by atoms with Gasteiger partial charge in [-0.1, -0.05) is 34.5 Å². The zero-order chi connectivity index (χ0) is 20.2. The van der Waals surface area contributed by atoms with Crippen molar-refractivity contribution >= 4 is 51.5 Å². The number of amides is 1. The Hall–Kier alpha value is -1.77. The third-order valence-corrected chi connectivity index (χ3v) is 7.43. The minimum atomic E-state index is -0.324. The van der Waals surface area contributed by atoms with Crippen LogP contribution in [0.3, 0.4) is 0 Å². The molecule has 10 heteroatoms. The first kappa shape index (κ1) is 19.5. The van der Waals surface area contributed by atoms with Gasteiger partial charge in [0.2, 0.25) is 0 Å². The molecule has 2 aliphatic rings. The van der Waals surface area contributed by atoms with E-state index in [1.807, 2.05) is 6.92 Å². The molecule has 7 nitrogen and oxygen atoms in total. The van der Waals surface area contributed by atoms with Crippen LogP contribution in [0.25, 0.3) is 0 Å². The van der Waals surface area contributed by atoms with Gasteiger partial charge in [0.05, 0.1) is 22.3 Å². The summed E-state index contributed by atoms with van der Waals surface area (Å²) >= 11 is 13.5. The fourth-order valence-corrected chi connectivity index (χ4v) is 5.15. The summed E-state index contributed by atoms with van der Waals surface area (Å²) in [4.78, 5) is 34.7. The molecule has 1 aliphatic heterocycles. The molecular weight excluding hydrogens is 423 g/mol. The zero-order valence-electron chi connectivity index (χ0n) is 15.6. The van der Waals surface area contributed by atoms with Crippen molar-refractivity contribution in [2.45, 2.75) is 26.8 Å². The summed E-state index contributed by atoms with van der Waals surface area (Å²) < 4.78 is 5.08. The van der Waals surface area contributed by atoms with Crippen molar-refractivity contribution in [2.75, 3.05) is 24.6 Å². The van der Waals surface area contributed by atoms with E-state index in [1.54, 1.807) is 13.8 Å². The number of nitrogens with one attached hydrogen (secondary N) is 2. The topological polar surface area (TPSA) is 87.3 Å². The lowest BCUT2D eigenvalue weighted by molar-refractivity contribution is 0.0531. The van der Waals surface area contributed by atoms with Gasteiger partial charge in [-0.2, -0.15) is 0 Å². The van der Waals surface area contributed by atoms with Gasteiger partial charge in [0, 0.05) is 36.7 Å². The van der Waals surface area contributed by atoms with Crippen LogP contribution in [-0.2, 0) is 4.74 Å². The number of nitrogens with zero attached hydrogens (tertiary/aromatic N) is 2. The maximum Gasteiger partial charge on any atom is 0.350 e. The van der Waals surface area contributed by atoms with E-state index in [1.165, 1.54) is 11.3 Å². The second-order valence-electron chi connectivity index (χ2n) is 7.12. The minimum absolute atomic E-state index is 0.118. The summed E-state index contributed by atoms with van der Waals surface area (Å²) in [7, 11) is 0. The van der Waals surface area contributed by atoms with Crippen LogP contribution in [0.4, 0.5) is 5.13 Å². The van der Waals surface area contributed by atoms with Crippen molar-refractivity contribution < 1.29 is 14.3 Å². The molecule has 4 rings (SSSR count). The predicted molar refractivity (Wildman–Crippen MR) is 109 cm³/mol.